The van der Waals surface area contributed by atoms with Crippen molar-refractivity contribution in [1.29, 1.82) is 0 Å². The third-order valence-electron chi connectivity index (χ3n) is 2.94. The van der Waals surface area contributed by atoms with E-state index in [1.165, 1.54) is 24.3 Å². The van der Waals surface area contributed by atoms with Gasteiger partial charge in [0, 0.05) is 17.8 Å². The van der Waals surface area contributed by atoms with Crippen molar-refractivity contribution >= 4 is 17.6 Å². The number of aliphatic imine (C=N–C) groups is 1. The van der Waals surface area contributed by atoms with Crippen LogP contribution in [0, 0.1) is 10.1 Å². The fourth-order valence-corrected chi connectivity index (χ4v) is 1.75. The van der Waals surface area contributed by atoms with Crippen molar-refractivity contribution in [3.63, 3.8) is 0 Å². The number of para-hydroxylation sites is 1. The minimum absolute atomic E-state index is 0.0683. The molecule has 0 unspecified atom stereocenters. The van der Waals surface area contributed by atoms with Crippen LogP contribution < -0.4 is 4.74 Å². The molecule has 0 fully saturated rings. The zero-order valence-corrected chi connectivity index (χ0v) is 12.3. The van der Waals surface area contributed by atoms with Crippen molar-refractivity contribution in [1.82, 2.24) is 0 Å². The molecule has 0 aliphatic carbocycles. The first-order chi connectivity index (χ1) is 11.7. The van der Waals surface area contributed by atoms with Crippen molar-refractivity contribution in [3.05, 3.63) is 58.1 Å². The summed E-state index contributed by atoms with van der Waals surface area (Å²) in [5.41, 5.74) is -0.209. The summed E-state index contributed by atoms with van der Waals surface area (Å²) in [6.45, 7) is 0. The second-order valence-electron chi connectivity index (χ2n) is 4.69. The fourth-order valence-electron chi connectivity index (χ4n) is 1.75. The van der Waals surface area contributed by atoms with Gasteiger partial charge in [0.2, 0.25) is 5.75 Å². The standard InChI is InChI=1S/C15H10F4N2O4/c16-14(17)15(18,19)25-11-6-4-10(5-7-11)20-8-9-2-1-3-12(13(9)22)21(23)24/h1-8,14,22H. The lowest BCUT2D eigenvalue weighted by Gasteiger charge is -2.16. The molecule has 0 aliphatic heterocycles. The molecule has 6 nitrogen and oxygen atoms in total. The molecule has 2 aromatic carbocycles. The summed E-state index contributed by atoms with van der Waals surface area (Å²) in [4.78, 5) is 13.9. The second-order valence-corrected chi connectivity index (χ2v) is 4.69. The fraction of sp³-hybridized carbons (Fsp3) is 0.133. The quantitative estimate of drug-likeness (QED) is 0.361. The van der Waals surface area contributed by atoms with Gasteiger partial charge in [0.05, 0.1) is 10.6 Å². The third kappa shape index (κ3) is 4.43. The lowest BCUT2D eigenvalue weighted by atomic mass is 10.2. The topological polar surface area (TPSA) is 85.0 Å². The zero-order chi connectivity index (χ0) is 18.6. The largest absolute Gasteiger partial charge is 0.502 e. The van der Waals surface area contributed by atoms with Crippen LogP contribution in [-0.2, 0) is 0 Å². The van der Waals surface area contributed by atoms with Gasteiger partial charge in [-0.2, -0.15) is 17.6 Å². The summed E-state index contributed by atoms with van der Waals surface area (Å²) < 4.78 is 53.5. The first-order valence-electron chi connectivity index (χ1n) is 6.66. The summed E-state index contributed by atoms with van der Waals surface area (Å²) in [6, 6.07) is 8.28. The molecule has 0 bridgehead atoms. The first kappa shape index (κ1) is 18.2. The van der Waals surface area contributed by atoms with E-state index >= 15 is 0 Å². The van der Waals surface area contributed by atoms with Crippen molar-refractivity contribution in [3.8, 4) is 11.5 Å². The van der Waals surface area contributed by atoms with Crippen LogP contribution in [0.25, 0.3) is 0 Å². The highest BCUT2D eigenvalue weighted by Gasteiger charge is 2.43. The number of benzene rings is 2. The van der Waals surface area contributed by atoms with Gasteiger partial charge in [0.15, 0.2) is 0 Å². The average molecular weight is 358 g/mol. The van der Waals surface area contributed by atoms with Gasteiger partial charge in [-0.15, -0.1) is 0 Å². The maximum Gasteiger partial charge on any atom is 0.461 e. The number of hydrogen-bond acceptors (Lipinski definition) is 5. The summed E-state index contributed by atoms with van der Waals surface area (Å²) in [7, 11) is 0. The van der Waals surface area contributed by atoms with Gasteiger partial charge in [0.25, 0.3) is 0 Å². The van der Waals surface area contributed by atoms with Crippen LogP contribution in [0.1, 0.15) is 5.56 Å². The van der Waals surface area contributed by atoms with E-state index < -0.39 is 34.6 Å². The summed E-state index contributed by atoms with van der Waals surface area (Å²) in [5, 5.41) is 20.5. The number of nitro benzene ring substituents is 1. The van der Waals surface area contributed by atoms with Crippen molar-refractivity contribution in [2.75, 3.05) is 0 Å². The van der Waals surface area contributed by atoms with Crippen LogP contribution >= 0.6 is 0 Å². The van der Waals surface area contributed by atoms with E-state index in [-0.39, 0.29) is 11.3 Å². The SMILES string of the molecule is O=[N+]([O-])c1cccc(C=Nc2ccc(OC(F)(F)C(F)F)cc2)c1O. The van der Waals surface area contributed by atoms with E-state index in [1.807, 2.05) is 0 Å². The number of alkyl halides is 4. The Morgan fingerprint density at radius 3 is 2.40 bits per heavy atom. The lowest BCUT2D eigenvalue weighted by Crippen LogP contribution is -2.33. The molecule has 0 saturated heterocycles. The van der Waals surface area contributed by atoms with Gasteiger partial charge in [-0.3, -0.25) is 15.1 Å². The van der Waals surface area contributed by atoms with E-state index in [4.69, 9.17) is 0 Å². The van der Waals surface area contributed by atoms with Gasteiger partial charge >= 0.3 is 18.2 Å². The molecule has 1 N–H and O–H groups in total. The predicted octanol–water partition coefficient (Wildman–Crippen LogP) is 4.29. The van der Waals surface area contributed by atoms with Crippen molar-refractivity contribution in [2.24, 2.45) is 4.99 Å². The molecule has 2 aromatic rings. The molecule has 2 rings (SSSR count). The second kappa shape index (κ2) is 7.16. The minimum Gasteiger partial charge on any atom is -0.502 e. The van der Waals surface area contributed by atoms with E-state index in [9.17, 15) is 32.8 Å². The number of nitrogens with zero attached hydrogens (tertiary/aromatic N) is 2. The number of ether oxygens (including phenoxy) is 1. The van der Waals surface area contributed by atoms with E-state index in [0.717, 1.165) is 24.4 Å². The number of rotatable bonds is 6. The Balaban J connectivity index is 2.15. The first-order valence-corrected chi connectivity index (χ1v) is 6.66. The van der Waals surface area contributed by atoms with Gasteiger partial charge in [-0.25, -0.2) is 0 Å². The predicted molar refractivity (Wildman–Crippen MR) is 80.0 cm³/mol. The molecule has 0 aliphatic rings. The smallest absolute Gasteiger partial charge is 0.461 e. The average Bonchev–Trinajstić information content (AvgIpc) is 2.54. The summed E-state index contributed by atoms with van der Waals surface area (Å²) in [5.74, 6) is -1.06. The zero-order valence-electron chi connectivity index (χ0n) is 12.3. The highest BCUT2D eigenvalue weighted by molar-refractivity contribution is 5.87. The van der Waals surface area contributed by atoms with Crippen molar-refractivity contribution in [2.45, 2.75) is 12.5 Å². The molecule has 132 valence electrons. The van der Waals surface area contributed by atoms with Gasteiger partial charge < -0.3 is 9.84 Å². The van der Waals surface area contributed by atoms with Crippen LogP contribution in [0.15, 0.2) is 47.5 Å². The molecule has 0 aromatic heterocycles. The Hall–Kier alpha value is -3.17. The van der Waals surface area contributed by atoms with Crippen LogP contribution in [0.2, 0.25) is 0 Å². The Morgan fingerprint density at radius 1 is 1.20 bits per heavy atom. The lowest BCUT2D eigenvalue weighted by molar-refractivity contribution is -0.385. The molecular formula is C15H10F4N2O4. The maximum atomic E-state index is 12.8. The Labute approximate surface area is 138 Å². The Morgan fingerprint density at radius 2 is 1.84 bits per heavy atom. The van der Waals surface area contributed by atoms with Crippen LogP contribution in [0.3, 0.4) is 0 Å². The van der Waals surface area contributed by atoms with Crippen LogP contribution in [0.5, 0.6) is 11.5 Å². The molecule has 0 heterocycles. The minimum atomic E-state index is -4.61. The molecule has 0 atom stereocenters. The molecule has 0 amide bonds. The number of aromatic hydroxyl groups is 1. The number of phenolic OH excluding ortho intramolecular Hbond substituents is 1. The Kier molecular flexibility index (Phi) is 5.20. The number of halogens is 4. The molecule has 0 spiro atoms. The van der Waals surface area contributed by atoms with Gasteiger partial charge in [-0.1, -0.05) is 6.07 Å². The maximum absolute atomic E-state index is 12.8. The van der Waals surface area contributed by atoms with E-state index in [2.05, 4.69) is 9.73 Å². The molecular weight excluding hydrogens is 348 g/mol. The van der Waals surface area contributed by atoms with Crippen LogP contribution in [0.4, 0.5) is 28.9 Å². The highest BCUT2D eigenvalue weighted by atomic mass is 19.3. The van der Waals surface area contributed by atoms with Gasteiger partial charge in [0.1, 0.15) is 5.75 Å². The molecule has 25 heavy (non-hydrogen) atoms. The number of hydrogen-bond donors (Lipinski definition) is 1. The Bertz CT molecular complexity index is 795. The molecule has 0 radical (unpaired) electrons. The monoisotopic (exact) mass is 358 g/mol. The number of phenols is 1. The van der Waals surface area contributed by atoms with E-state index in [0.29, 0.717) is 0 Å². The molecule has 0 saturated carbocycles. The normalized spacial score (nSPS) is 11.9. The summed E-state index contributed by atoms with van der Waals surface area (Å²) in [6.07, 6.45) is -7.45. The molecule has 10 heteroatoms. The number of nitro groups is 1. The van der Waals surface area contributed by atoms with E-state index in [1.54, 1.807) is 0 Å². The third-order valence-corrected chi connectivity index (χ3v) is 2.94. The van der Waals surface area contributed by atoms with Gasteiger partial charge in [-0.05, 0) is 30.3 Å². The highest BCUT2D eigenvalue weighted by Crippen LogP contribution is 2.30. The summed E-state index contributed by atoms with van der Waals surface area (Å²) >= 11 is 0. The van der Waals surface area contributed by atoms with Crippen LogP contribution in [-0.4, -0.2) is 28.8 Å². The van der Waals surface area contributed by atoms with Crippen molar-refractivity contribution < 1.29 is 32.3 Å².